The van der Waals surface area contributed by atoms with Gasteiger partial charge in [0.25, 0.3) is 0 Å². The summed E-state index contributed by atoms with van der Waals surface area (Å²) in [4.78, 5) is 11.7. The van der Waals surface area contributed by atoms with E-state index in [2.05, 4.69) is 10.6 Å². The second-order valence-electron chi connectivity index (χ2n) is 5.01. The van der Waals surface area contributed by atoms with E-state index in [9.17, 15) is 4.79 Å². The number of hydrogen-bond acceptors (Lipinski definition) is 4. The number of hydrogen-bond donors (Lipinski definition) is 3. The van der Waals surface area contributed by atoms with Crippen LogP contribution in [0.25, 0.3) is 0 Å². The second-order valence-corrected chi connectivity index (χ2v) is 5.01. The molecule has 3 N–H and O–H groups in total. The summed E-state index contributed by atoms with van der Waals surface area (Å²) in [7, 11) is 0. The van der Waals surface area contributed by atoms with Gasteiger partial charge in [0.1, 0.15) is 5.75 Å². The minimum atomic E-state index is -0.0235. The Labute approximate surface area is 119 Å². The van der Waals surface area contributed by atoms with Crippen molar-refractivity contribution in [2.45, 2.75) is 25.4 Å². The topological polar surface area (TPSA) is 70.6 Å². The molecule has 0 aromatic heterocycles. The van der Waals surface area contributed by atoms with Crippen molar-refractivity contribution in [1.29, 1.82) is 0 Å². The maximum atomic E-state index is 11.7. The van der Waals surface area contributed by atoms with E-state index in [1.807, 2.05) is 0 Å². The van der Waals surface area contributed by atoms with Crippen molar-refractivity contribution in [3.63, 3.8) is 0 Å². The predicted octanol–water partition coefficient (Wildman–Crippen LogP) is 0.819. The predicted molar refractivity (Wildman–Crippen MR) is 76.7 cm³/mol. The molecule has 110 valence electrons. The van der Waals surface area contributed by atoms with E-state index in [0.717, 1.165) is 31.5 Å². The first-order chi connectivity index (χ1) is 9.74. The zero-order valence-electron chi connectivity index (χ0n) is 11.6. The molecule has 1 aliphatic rings. The second kappa shape index (κ2) is 7.87. The molecule has 20 heavy (non-hydrogen) atoms. The normalized spacial score (nSPS) is 16.0. The summed E-state index contributed by atoms with van der Waals surface area (Å²) in [6.07, 6.45) is 2.74. The Kier molecular flexibility index (Phi) is 5.83. The third-order valence-corrected chi connectivity index (χ3v) is 3.36. The van der Waals surface area contributed by atoms with Crippen molar-refractivity contribution < 1.29 is 14.6 Å². The van der Waals surface area contributed by atoms with E-state index in [1.54, 1.807) is 24.3 Å². The van der Waals surface area contributed by atoms with E-state index >= 15 is 0 Å². The Morgan fingerprint density at radius 2 is 2.00 bits per heavy atom. The van der Waals surface area contributed by atoms with Crippen molar-refractivity contribution in [3.8, 4) is 5.75 Å². The Morgan fingerprint density at radius 3 is 2.70 bits per heavy atom. The van der Waals surface area contributed by atoms with Crippen molar-refractivity contribution in [3.05, 3.63) is 29.8 Å². The SMILES string of the molecule is O=C(Cc1ccc(O)cc1)NCCOC1CCNCC1. The van der Waals surface area contributed by atoms with Crippen LogP contribution in [0, 0.1) is 0 Å². The fourth-order valence-electron chi connectivity index (χ4n) is 2.24. The fraction of sp³-hybridized carbons (Fsp3) is 0.533. The molecular weight excluding hydrogens is 256 g/mol. The van der Waals surface area contributed by atoms with Gasteiger partial charge in [-0.2, -0.15) is 0 Å². The molecule has 1 fully saturated rings. The van der Waals surface area contributed by atoms with Crippen molar-refractivity contribution in [1.82, 2.24) is 10.6 Å². The van der Waals surface area contributed by atoms with Gasteiger partial charge in [0, 0.05) is 6.54 Å². The number of carbonyl (C=O) groups excluding carboxylic acids is 1. The molecule has 0 spiro atoms. The molecule has 0 atom stereocenters. The lowest BCUT2D eigenvalue weighted by molar-refractivity contribution is -0.120. The molecule has 0 bridgehead atoms. The summed E-state index contributed by atoms with van der Waals surface area (Å²) in [6.45, 7) is 3.13. The average Bonchev–Trinajstić information content (AvgIpc) is 2.47. The van der Waals surface area contributed by atoms with Crippen LogP contribution >= 0.6 is 0 Å². The average molecular weight is 278 g/mol. The van der Waals surface area contributed by atoms with Gasteiger partial charge in [0.05, 0.1) is 19.1 Å². The van der Waals surface area contributed by atoms with Gasteiger partial charge in [-0.1, -0.05) is 12.1 Å². The number of phenols is 1. The monoisotopic (exact) mass is 278 g/mol. The number of ether oxygens (including phenoxy) is 1. The smallest absolute Gasteiger partial charge is 0.224 e. The fourth-order valence-corrected chi connectivity index (χ4v) is 2.24. The van der Waals surface area contributed by atoms with E-state index in [-0.39, 0.29) is 11.7 Å². The van der Waals surface area contributed by atoms with Crippen LogP contribution in [0.5, 0.6) is 5.75 Å². The lowest BCUT2D eigenvalue weighted by atomic mass is 10.1. The first kappa shape index (κ1) is 14.8. The van der Waals surface area contributed by atoms with E-state index in [4.69, 9.17) is 9.84 Å². The summed E-state index contributed by atoms with van der Waals surface area (Å²) in [6, 6.07) is 6.67. The Bertz CT molecular complexity index is 414. The molecule has 1 aromatic carbocycles. The molecule has 1 aliphatic heterocycles. The summed E-state index contributed by atoms with van der Waals surface area (Å²) in [5.74, 6) is 0.189. The molecule has 1 saturated heterocycles. The molecule has 1 heterocycles. The van der Waals surface area contributed by atoms with Crippen LogP contribution in [0.2, 0.25) is 0 Å². The van der Waals surface area contributed by atoms with Gasteiger partial charge >= 0.3 is 0 Å². The van der Waals surface area contributed by atoms with E-state index in [0.29, 0.717) is 25.7 Å². The molecule has 0 radical (unpaired) electrons. The van der Waals surface area contributed by atoms with Gasteiger partial charge in [-0.15, -0.1) is 0 Å². The quantitative estimate of drug-likeness (QED) is 0.674. The number of amides is 1. The Hall–Kier alpha value is -1.59. The summed E-state index contributed by atoms with van der Waals surface area (Å²) < 4.78 is 5.71. The molecular formula is C15H22N2O3. The third-order valence-electron chi connectivity index (χ3n) is 3.36. The molecule has 2 rings (SSSR count). The van der Waals surface area contributed by atoms with E-state index in [1.165, 1.54) is 0 Å². The molecule has 5 nitrogen and oxygen atoms in total. The number of rotatable bonds is 6. The minimum absolute atomic E-state index is 0.0235. The van der Waals surface area contributed by atoms with Gasteiger partial charge in [0.2, 0.25) is 5.91 Å². The lowest BCUT2D eigenvalue weighted by Crippen LogP contribution is -2.35. The van der Waals surface area contributed by atoms with Gasteiger partial charge in [-0.3, -0.25) is 4.79 Å². The maximum absolute atomic E-state index is 11.7. The van der Waals surface area contributed by atoms with Crippen LogP contribution in [-0.2, 0) is 16.0 Å². The van der Waals surface area contributed by atoms with Gasteiger partial charge in [-0.25, -0.2) is 0 Å². The number of aromatic hydroxyl groups is 1. The molecule has 0 unspecified atom stereocenters. The number of carbonyl (C=O) groups is 1. The number of phenolic OH excluding ortho intramolecular Hbond substituents is 1. The largest absolute Gasteiger partial charge is 0.508 e. The number of piperidine rings is 1. The number of benzene rings is 1. The molecule has 1 aromatic rings. The zero-order chi connectivity index (χ0) is 14.2. The van der Waals surface area contributed by atoms with Crippen LogP contribution in [0.15, 0.2) is 24.3 Å². The summed E-state index contributed by atoms with van der Waals surface area (Å²) in [5, 5.41) is 15.3. The minimum Gasteiger partial charge on any atom is -0.508 e. The summed E-state index contributed by atoms with van der Waals surface area (Å²) in [5.41, 5.74) is 0.888. The molecule has 0 aliphatic carbocycles. The molecule has 5 heteroatoms. The van der Waals surface area contributed by atoms with Gasteiger partial charge in [0.15, 0.2) is 0 Å². The van der Waals surface area contributed by atoms with Gasteiger partial charge in [-0.05, 0) is 43.6 Å². The zero-order valence-corrected chi connectivity index (χ0v) is 11.6. The van der Waals surface area contributed by atoms with E-state index < -0.39 is 0 Å². The van der Waals surface area contributed by atoms with Crippen molar-refractivity contribution in [2.75, 3.05) is 26.2 Å². The highest BCUT2D eigenvalue weighted by Crippen LogP contribution is 2.10. The molecule has 1 amide bonds. The van der Waals surface area contributed by atoms with Gasteiger partial charge < -0.3 is 20.5 Å². The highest BCUT2D eigenvalue weighted by atomic mass is 16.5. The lowest BCUT2D eigenvalue weighted by Gasteiger charge is -2.22. The Balaban J connectivity index is 1.59. The Morgan fingerprint density at radius 1 is 1.30 bits per heavy atom. The van der Waals surface area contributed by atoms with Crippen LogP contribution in [0.1, 0.15) is 18.4 Å². The first-order valence-electron chi connectivity index (χ1n) is 7.11. The van der Waals surface area contributed by atoms with Crippen LogP contribution in [-0.4, -0.2) is 43.4 Å². The highest BCUT2D eigenvalue weighted by Gasteiger charge is 2.12. The van der Waals surface area contributed by atoms with Crippen LogP contribution in [0.3, 0.4) is 0 Å². The van der Waals surface area contributed by atoms with Crippen molar-refractivity contribution in [2.24, 2.45) is 0 Å². The van der Waals surface area contributed by atoms with Crippen LogP contribution < -0.4 is 10.6 Å². The van der Waals surface area contributed by atoms with Crippen molar-refractivity contribution >= 4 is 5.91 Å². The first-order valence-corrected chi connectivity index (χ1v) is 7.11. The summed E-state index contributed by atoms with van der Waals surface area (Å²) >= 11 is 0. The maximum Gasteiger partial charge on any atom is 0.224 e. The molecule has 0 saturated carbocycles. The number of nitrogens with one attached hydrogen (secondary N) is 2. The standard InChI is InChI=1S/C15H22N2O3/c18-13-3-1-12(2-4-13)11-15(19)17-9-10-20-14-5-7-16-8-6-14/h1-4,14,16,18H,5-11H2,(H,17,19). The third kappa shape index (κ3) is 5.19. The highest BCUT2D eigenvalue weighted by molar-refractivity contribution is 5.78. The van der Waals surface area contributed by atoms with Crippen LogP contribution in [0.4, 0.5) is 0 Å².